The smallest absolute Gasteiger partial charge is 0.257 e. The molecule has 0 aliphatic carbocycles. The zero-order valence-electron chi connectivity index (χ0n) is 11.7. The predicted molar refractivity (Wildman–Crippen MR) is 80.3 cm³/mol. The second-order valence-corrected chi connectivity index (χ2v) is 5.64. The number of amides is 1. The van der Waals surface area contributed by atoms with Gasteiger partial charge in [-0.25, -0.2) is 0 Å². The molecule has 0 atom stereocenters. The molecule has 0 aromatic heterocycles. The summed E-state index contributed by atoms with van der Waals surface area (Å²) >= 11 is 5.78. The van der Waals surface area contributed by atoms with E-state index in [0.29, 0.717) is 16.5 Å². The Labute approximate surface area is 124 Å². The summed E-state index contributed by atoms with van der Waals surface area (Å²) in [5.74, 6) is 0.483. The topological polar surface area (TPSA) is 52.6 Å². The van der Waals surface area contributed by atoms with Crippen LogP contribution in [0.1, 0.15) is 30.1 Å². The molecule has 1 aliphatic heterocycles. The van der Waals surface area contributed by atoms with Crippen molar-refractivity contribution in [2.45, 2.75) is 19.8 Å². The van der Waals surface area contributed by atoms with E-state index in [2.05, 4.69) is 12.2 Å². The van der Waals surface area contributed by atoms with Crippen LogP contribution in [0.4, 0.5) is 0 Å². The molecule has 0 unspecified atom stereocenters. The average Bonchev–Trinajstić information content (AvgIpc) is 2.45. The quantitative estimate of drug-likeness (QED) is 0.897. The van der Waals surface area contributed by atoms with Crippen molar-refractivity contribution in [2.24, 2.45) is 5.92 Å². The number of halogens is 1. The summed E-state index contributed by atoms with van der Waals surface area (Å²) in [7, 11) is 0. The number of nitrogens with zero attached hydrogens (tertiary/aromatic N) is 1. The van der Waals surface area contributed by atoms with E-state index < -0.39 is 0 Å². The standard InChI is InChI=1S/C15H21ClN2O2/c1-2-17-10-11-5-7-18(8-6-11)15(20)13-4-3-12(16)9-14(13)19/h3-4,9,11,17,19H,2,5-8,10H2,1H3. The second kappa shape index (κ2) is 6.95. The van der Waals surface area contributed by atoms with Gasteiger partial charge in [0.2, 0.25) is 0 Å². The molecule has 1 fully saturated rings. The Kier molecular flexibility index (Phi) is 5.26. The number of likely N-dealkylation sites (tertiary alicyclic amines) is 1. The third-order valence-corrected chi connectivity index (χ3v) is 4.01. The van der Waals surface area contributed by atoms with Gasteiger partial charge in [0, 0.05) is 18.1 Å². The van der Waals surface area contributed by atoms with E-state index in [0.717, 1.165) is 39.0 Å². The molecule has 0 saturated carbocycles. The van der Waals surface area contributed by atoms with E-state index in [4.69, 9.17) is 11.6 Å². The molecule has 1 aliphatic rings. The highest BCUT2D eigenvalue weighted by Crippen LogP contribution is 2.25. The monoisotopic (exact) mass is 296 g/mol. The lowest BCUT2D eigenvalue weighted by molar-refractivity contribution is 0.0687. The summed E-state index contributed by atoms with van der Waals surface area (Å²) < 4.78 is 0. The molecule has 4 nitrogen and oxygen atoms in total. The largest absolute Gasteiger partial charge is 0.507 e. The van der Waals surface area contributed by atoms with Crippen molar-refractivity contribution in [2.75, 3.05) is 26.2 Å². The lowest BCUT2D eigenvalue weighted by Crippen LogP contribution is -2.40. The Bertz CT molecular complexity index is 471. The fourth-order valence-electron chi connectivity index (χ4n) is 2.54. The number of hydrogen-bond donors (Lipinski definition) is 2. The summed E-state index contributed by atoms with van der Waals surface area (Å²) in [6.07, 6.45) is 2.01. The van der Waals surface area contributed by atoms with Gasteiger partial charge in [0.05, 0.1) is 5.56 Å². The number of nitrogens with one attached hydrogen (secondary N) is 1. The highest BCUT2D eigenvalue weighted by molar-refractivity contribution is 6.30. The van der Waals surface area contributed by atoms with Crippen LogP contribution in [0.5, 0.6) is 5.75 Å². The first-order valence-corrected chi connectivity index (χ1v) is 7.48. The van der Waals surface area contributed by atoms with Crippen molar-refractivity contribution in [3.63, 3.8) is 0 Å². The summed E-state index contributed by atoms with van der Waals surface area (Å²) in [5, 5.41) is 13.6. The van der Waals surface area contributed by atoms with Gasteiger partial charge in [-0.05, 0) is 50.0 Å². The van der Waals surface area contributed by atoms with Crippen LogP contribution in [0.25, 0.3) is 0 Å². The van der Waals surface area contributed by atoms with E-state index in [9.17, 15) is 9.90 Å². The van der Waals surface area contributed by atoms with E-state index >= 15 is 0 Å². The molecule has 1 aromatic rings. The minimum Gasteiger partial charge on any atom is -0.507 e. The molecule has 2 N–H and O–H groups in total. The highest BCUT2D eigenvalue weighted by Gasteiger charge is 2.24. The minimum absolute atomic E-state index is 0.0442. The summed E-state index contributed by atoms with van der Waals surface area (Å²) in [6, 6.07) is 4.63. The molecule has 1 aromatic carbocycles. The van der Waals surface area contributed by atoms with Crippen molar-refractivity contribution in [3.05, 3.63) is 28.8 Å². The van der Waals surface area contributed by atoms with Gasteiger partial charge in [0.25, 0.3) is 5.91 Å². The number of hydrogen-bond acceptors (Lipinski definition) is 3. The first-order valence-electron chi connectivity index (χ1n) is 7.10. The van der Waals surface area contributed by atoms with Crippen LogP contribution in [-0.2, 0) is 0 Å². The molecule has 1 amide bonds. The Morgan fingerprint density at radius 2 is 2.15 bits per heavy atom. The maximum atomic E-state index is 12.4. The first kappa shape index (κ1) is 15.1. The fourth-order valence-corrected chi connectivity index (χ4v) is 2.71. The predicted octanol–water partition coefficient (Wildman–Crippen LogP) is 2.51. The van der Waals surface area contributed by atoms with E-state index in [1.54, 1.807) is 12.1 Å². The maximum Gasteiger partial charge on any atom is 0.257 e. The number of carbonyl (C=O) groups excluding carboxylic acids is 1. The number of rotatable bonds is 4. The third kappa shape index (κ3) is 3.64. The average molecular weight is 297 g/mol. The van der Waals surface area contributed by atoms with Crippen LogP contribution >= 0.6 is 11.6 Å². The maximum absolute atomic E-state index is 12.4. The molecule has 0 spiro atoms. The number of carbonyl (C=O) groups is 1. The van der Waals surface area contributed by atoms with Crippen LogP contribution in [0, 0.1) is 5.92 Å². The van der Waals surface area contributed by atoms with Gasteiger partial charge in [-0.1, -0.05) is 18.5 Å². The Hall–Kier alpha value is -1.26. The summed E-state index contributed by atoms with van der Waals surface area (Å²) in [6.45, 7) is 5.60. The Morgan fingerprint density at radius 3 is 2.75 bits per heavy atom. The first-order chi connectivity index (χ1) is 9.61. The normalized spacial score (nSPS) is 16.4. The molecular formula is C15H21ClN2O2. The van der Waals surface area contributed by atoms with E-state index in [1.807, 2.05) is 4.90 Å². The van der Waals surface area contributed by atoms with Crippen molar-refractivity contribution in [3.8, 4) is 5.75 Å². The third-order valence-electron chi connectivity index (χ3n) is 3.77. The Morgan fingerprint density at radius 1 is 1.45 bits per heavy atom. The minimum atomic E-state index is -0.110. The summed E-state index contributed by atoms with van der Waals surface area (Å²) in [4.78, 5) is 14.2. The van der Waals surface area contributed by atoms with Crippen molar-refractivity contribution in [1.29, 1.82) is 0 Å². The number of piperidine rings is 1. The van der Waals surface area contributed by atoms with Gasteiger partial charge in [0.1, 0.15) is 5.75 Å². The Balaban J connectivity index is 1.94. The van der Waals surface area contributed by atoms with Gasteiger partial charge in [-0.2, -0.15) is 0 Å². The van der Waals surface area contributed by atoms with Gasteiger partial charge < -0.3 is 15.3 Å². The van der Waals surface area contributed by atoms with Gasteiger partial charge in [-0.15, -0.1) is 0 Å². The van der Waals surface area contributed by atoms with E-state index in [1.165, 1.54) is 6.07 Å². The van der Waals surface area contributed by atoms with Crippen molar-refractivity contribution in [1.82, 2.24) is 10.2 Å². The second-order valence-electron chi connectivity index (χ2n) is 5.20. The molecular weight excluding hydrogens is 276 g/mol. The fraction of sp³-hybridized carbons (Fsp3) is 0.533. The number of phenols is 1. The lowest BCUT2D eigenvalue weighted by Gasteiger charge is -2.32. The van der Waals surface area contributed by atoms with Crippen LogP contribution in [0.3, 0.4) is 0 Å². The van der Waals surface area contributed by atoms with Gasteiger partial charge in [0.15, 0.2) is 0 Å². The zero-order valence-corrected chi connectivity index (χ0v) is 12.5. The molecule has 5 heteroatoms. The number of phenolic OH excluding ortho intramolecular Hbond substituents is 1. The zero-order chi connectivity index (χ0) is 14.5. The van der Waals surface area contributed by atoms with Crippen LogP contribution in [0.2, 0.25) is 5.02 Å². The number of aromatic hydroxyl groups is 1. The molecule has 1 saturated heterocycles. The molecule has 110 valence electrons. The van der Waals surface area contributed by atoms with E-state index in [-0.39, 0.29) is 11.7 Å². The number of benzene rings is 1. The molecule has 2 rings (SSSR count). The van der Waals surface area contributed by atoms with Crippen LogP contribution < -0.4 is 5.32 Å². The van der Waals surface area contributed by atoms with Crippen LogP contribution in [-0.4, -0.2) is 42.1 Å². The van der Waals surface area contributed by atoms with Crippen molar-refractivity contribution >= 4 is 17.5 Å². The van der Waals surface area contributed by atoms with Gasteiger partial charge in [-0.3, -0.25) is 4.79 Å². The van der Waals surface area contributed by atoms with Crippen molar-refractivity contribution < 1.29 is 9.90 Å². The van der Waals surface area contributed by atoms with Crippen LogP contribution in [0.15, 0.2) is 18.2 Å². The summed E-state index contributed by atoms with van der Waals surface area (Å²) in [5.41, 5.74) is 0.333. The molecule has 20 heavy (non-hydrogen) atoms. The SMILES string of the molecule is CCNCC1CCN(C(=O)c2ccc(Cl)cc2O)CC1. The molecule has 0 radical (unpaired) electrons. The highest BCUT2D eigenvalue weighted by atomic mass is 35.5. The lowest BCUT2D eigenvalue weighted by atomic mass is 9.96. The molecule has 1 heterocycles. The van der Waals surface area contributed by atoms with Gasteiger partial charge >= 0.3 is 0 Å². The molecule has 0 bridgehead atoms.